The van der Waals surface area contributed by atoms with E-state index in [1.165, 1.54) is 18.3 Å². The standard InChI is InChI=1S/C12H18N4O3S/c1-8(17)14-12-15-10(11(18)19)9(20-12)7-16-5-2-3-13-4-6-16/h13H,2-7H2,1H3,(H,18,19)(H,14,15,17). The molecule has 1 aromatic rings. The molecule has 0 aromatic carbocycles. The molecule has 1 aliphatic heterocycles. The first kappa shape index (κ1) is 14.9. The van der Waals surface area contributed by atoms with E-state index in [2.05, 4.69) is 20.5 Å². The summed E-state index contributed by atoms with van der Waals surface area (Å²) in [5, 5.41) is 15.4. The van der Waals surface area contributed by atoms with Gasteiger partial charge >= 0.3 is 5.97 Å². The maximum absolute atomic E-state index is 11.2. The molecular weight excluding hydrogens is 280 g/mol. The van der Waals surface area contributed by atoms with Gasteiger partial charge in [0.25, 0.3) is 0 Å². The molecule has 1 saturated heterocycles. The summed E-state index contributed by atoms with van der Waals surface area (Å²) in [7, 11) is 0. The average molecular weight is 298 g/mol. The molecule has 8 heteroatoms. The van der Waals surface area contributed by atoms with Gasteiger partial charge in [-0.05, 0) is 19.5 Å². The fraction of sp³-hybridized carbons (Fsp3) is 0.583. The number of aromatic nitrogens is 1. The molecule has 0 radical (unpaired) electrons. The van der Waals surface area contributed by atoms with Crippen molar-refractivity contribution in [3.63, 3.8) is 0 Å². The topological polar surface area (TPSA) is 94.6 Å². The van der Waals surface area contributed by atoms with Crippen molar-refractivity contribution >= 4 is 28.3 Å². The van der Waals surface area contributed by atoms with E-state index >= 15 is 0 Å². The molecule has 2 heterocycles. The van der Waals surface area contributed by atoms with Crippen LogP contribution in [0.15, 0.2) is 0 Å². The number of rotatable bonds is 4. The van der Waals surface area contributed by atoms with Crippen molar-refractivity contribution in [1.29, 1.82) is 0 Å². The molecule has 0 bridgehead atoms. The summed E-state index contributed by atoms with van der Waals surface area (Å²) in [6.45, 7) is 5.64. The van der Waals surface area contributed by atoms with Crippen LogP contribution in [-0.4, -0.2) is 53.0 Å². The second kappa shape index (κ2) is 6.78. The van der Waals surface area contributed by atoms with Crippen LogP contribution in [0.25, 0.3) is 0 Å². The number of hydrogen-bond acceptors (Lipinski definition) is 6. The Bertz CT molecular complexity index is 495. The smallest absolute Gasteiger partial charge is 0.355 e. The second-order valence-corrected chi connectivity index (χ2v) is 5.74. The van der Waals surface area contributed by atoms with Gasteiger partial charge in [-0.25, -0.2) is 9.78 Å². The third kappa shape index (κ3) is 3.99. The number of anilines is 1. The highest BCUT2D eigenvalue weighted by molar-refractivity contribution is 7.16. The van der Waals surface area contributed by atoms with Gasteiger partial charge in [-0.3, -0.25) is 9.69 Å². The maximum atomic E-state index is 11.2. The van der Waals surface area contributed by atoms with E-state index in [1.807, 2.05) is 0 Å². The number of carboxylic acids is 1. The van der Waals surface area contributed by atoms with Crippen molar-refractivity contribution in [3.8, 4) is 0 Å². The minimum absolute atomic E-state index is 0.0379. The van der Waals surface area contributed by atoms with Crippen LogP contribution in [-0.2, 0) is 11.3 Å². The van der Waals surface area contributed by atoms with E-state index in [0.29, 0.717) is 16.6 Å². The molecule has 0 spiro atoms. The molecule has 0 unspecified atom stereocenters. The quantitative estimate of drug-likeness (QED) is 0.753. The number of carboxylic acid groups (broad SMARTS) is 1. The SMILES string of the molecule is CC(=O)Nc1nc(C(=O)O)c(CN2CCCNCC2)s1. The van der Waals surface area contributed by atoms with Crippen molar-refractivity contribution in [1.82, 2.24) is 15.2 Å². The van der Waals surface area contributed by atoms with Gasteiger partial charge in [0.1, 0.15) is 0 Å². The molecule has 1 fully saturated rings. The van der Waals surface area contributed by atoms with Crippen molar-refractivity contribution in [2.45, 2.75) is 19.9 Å². The molecule has 20 heavy (non-hydrogen) atoms. The molecule has 1 aliphatic rings. The number of hydrogen-bond donors (Lipinski definition) is 3. The van der Waals surface area contributed by atoms with Gasteiger partial charge in [0.15, 0.2) is 10.8 Å². The number of thiazole rings is 1. The minimum Gasteiger partial charge on any atom is -0.476 e. The largest absolute Gasteiger partial charge is 0.476 e. The summed E-state index contributed by atoms with van der Waals surface area (Å²) in [5.74, 6) is -1.30. The van der Waals surface area contributed by atoms with Crippen LogP contribution < -0.4 is 10.6 Å². The zero-order chi connectivity index (χ0) is 14.5. The van der Waals surface area contributed by atoms with Gasteiger partial charge in [-0.1, -0.05) is 11.3 Å². The highest BCUT2D eigenvalue weighted by Gasteiger charge is 2.20. The summed E-state index contributed by atoms with van der Waals surface area (Å²) in [5.41, 5.74) is 0.0379. The third-order valence-corrected chi connectivity index (χ3v) is 3.94. The third-order valence-electron chi connectivity index (χ3n) is 2.98. The van der Waals surface area contributed by atoms with Gasteiger partial charge in [0.2, 0.25) is 5.91 Å². The number of nitrogens with one attached hydrogen (secondary N) is 2. The van der Waals surface area contributed by atoms with E-state index < -0.39 is 5.97 Å². The van der Waals surface area contributed by atoms with Gasteiger partial charge in [0.05, 0.1) is 4.88 Å². The van der Waals surface area contributed by atoms with Crippen LogP contribution in [0.1, 0.15) is 28.7 Å². The zero-order valence-electron chi connectivity index (χ0n) is 11.3. The highest BCUT2D eigenvalue weighted by atomic mass is 32.1. The molecule has 2 rings (SSSR count). The van der Waals surface area contributed by atoms with E-state index in [0.717, 1.165) is 32.6 Å². The van der Waals surface area contributed by atoms with Crippen molar-refractivity contribution in [3.05, 3.63) is 10.6 Å². The number of nitrogens with zero attached hydrogens (tertiary/aromatic N) is 2. The number of carbonyl (C=O) groups is 2. The highest BCUT2D eigenvalue weighted by Crippen LogP contribution is 2.25. The van der Waals surface area contributed by atoms with Crippen LogP contribution in [0.2, 0.25) is 0 Å². The summed E-state index contributed by atoms with van der Waals surface area (Å²) in [4.78, 5) is 29.1. The van der Waals surface area contributed by atoms with E-state index in [4.69, 9.17) is 0 Å². The molecule has 0 aliphatic carbocycles. The van der Waals surface area contributed by atoms with Crippen LogP contribution in [0.3, 0.4) is 0 Å². The van der Waals surface area contributed by atoms with Gasteiger partial charge < -0.3 is 15.7 Å². The molecule has 1 aromatic heterocycles. The van der Waals surface area contributed by atoms with Crippen LogP contribution in [0.4, 0.5) is 5.13 Å². The number of aromatic carboxylic acids is 1. The van der Waals surface area contributed by atoms with E-state index in [1.54, 1.807) is 0 Å². The Hall–Kier alpha value is -1.51. The predicted molar refractivity (Wildman–Crippen MR) is 76.1 cm³/mol. The summed E-state index contributed by atoms with van der Waals surface area (Å²) in [6, 6.07) is 0. The summed E-state index contributed by atoms with van der Waals surface area (Å²) in [6.07, 6.45) is 1.04. The fourth-order valence-corrected chi connectivity index (χ4v) is 3.13. The van der Waals surface area contributed by atoms with Gasteiger partial charge in [-0.15, -0.1) is 0 Å². The van der Waals surface area contributed by atoms with Crippen molar-refractivity contribution < 1.29 is 14.7 Å². The number of carbonyl (C=O) groups excluding carboxylic acids is 1. The Morgan fingerprint density at radius 2 is 2.25 bits per heavy atom. The van der Waals surface area contributed by atoms with Gasteiger partial charge in [-0.2, -0.15) is 0 Å². The van der Waals surface area contributed by atoms with E-state index in [-0.39, 0.29) is 11.6 Å². The van der Waals surface area contributed by atoms with Crippen LogP contribution >= 0.6 is 11.3 Å². The van der Waals surface area contributed by atoms with Crippen molar-refractivity contribution in [2.75, 3.05) is 31.5 Å². The first-order valence-electron chi connectivity index (χ1n) is 6.50. The molecule has 0 atom stereocenters. The molecular formula is C12H18N4O3S. The molecule has 3 N–H and O–H groups in total. The van der Waals surface area contributed by atoms with Crippen LogP contribution in [0, 0.1) is 0 Å². The Morgan fingerprint density at radius 1 is 1.45 bits per heavy atom. The molecule has 1 amide bonds. The molecule has 110 valence electrons. The predicted octanol–water partition coefficient (Wildman–Crippen LogP) is 0.595. The van der Waals surface area contributed by atoms with Gasteiger partial charge in [0, 0.05) is 26.6 Å². The normalized spacial score (nSPS) is 16.6. The Labute approximate surface area is 121 Å². The first-order valence-corrected chi connectivity index (χ1v) is 7.31. The van der Waals surface area contributed by atoms with Crippen LogP contribution in [0.5, 0.6) is 0 Å². The zero-order valence-corrected chi connectivity index (χ0v) is 12.1. The average Bonchev–Trinajstić information content (AvgIpc) is 2.58. The fourth-order valence-electron chi connectivity index (χ4n) is 2.09. The summed E-state index contributed by atoms with van der Waals surface area (Å²) >= 11 is 1.23. The maximum Gasteiger partial charge on any atom is 0.355 e. The Morgan fingerprint density at radius 3 is 2.95 bits per heavy atom. The second-order valence-electron chi connectivity index (χ2n) is 4.66. The lowest BCUT2D eigenvalue weighted by Gasteiger charge is -2.18. The number of amides is 1. The first-order chi connectivity index (χ1) is 9.56. The Balaban J connectivity index is 2.13. The lowest BCUT2D eigenvalue weighted by Crippen LogP contribution is -2.27. The minimum atomic E-state index is -1.05. The van der Waals surface area contributed by atoms with Crippen molar-refractivity contribution in [2.24, 2.45) is 0 Å². The molecule has 0 saturated carbocycles. The van der Waals surface area contributed by atoms with E-state index in [9.17, 15) is 14.7 Å². The summed E-state index contributed by atoms with van der Waals surface area (Å²) < 4.78 is 0. The monoisotopic (exact) mass is 298 g/mol. The Kier molecular flexibility index (Phi) is 5.05. The lowest BCUT2D eigenvalue weighted by molar-refractivity contribution is -0.114. The molecule has 7 nitrogen and oxygen atoms in total. The lowest BCUT2D eigenvalue weighted by atomic mass is 10.3.